The van der Waals surface area contributed by atoms with Crippen molar-refractivity contribution in [1.29, 1.82) is 0 Å². The maximum absolute atomic E-state index is 6.63. The van der Waals surface area contributed by atoms with Gasteiger partial charge < -0.3 is 18.4 Å². The van der Waals surface area contributed by atoms with Crippen LogP contribution < -0.4 is 9.30 Å². The van der Waals surface area contributed by atoms with Gasteiger partial charge in [0.1, 0.15) is 5.82 Å². The molecule has 67 heavy (non-hydrogen) atoms. The monoisotopic (exact) mass is 1040 g/mol. The quantitative estimate of drug-likeness (QED) is 0.112. The first kappa shape index (κ1) is 41.9. The summed E-state index contributed by atoms with van der Waals surface area (Å²) in [5.41, 5.74) is 12.9. The molecule has 0 bridgehead atoms. The average molecular weight is 1050 g/mol. The third-order valence-electron chi connectivity index (χ3n) is 12.5. The van der Waals surface area contributed by atoms with Crippen LogP contribution in [-0.2, 0) is 26.5 Å². The largest absolute Gasteiger partial charge is 0.510 e. The molecule has 6 nitrogen and oxygen atoms in total. The molecular weight excluding hydrogens is 1000 g/mol. The van der Waals surface area contributed by atoms with E-state index in [-0.39, 0.29) is 26.5 Å². The third kappa shape index (κ3) is 7.63. The molecule has 7 heteroatoms. The molecule has 0 N–H and O–H groups in total. The summed E-state index contributed by atoms with van der Waals surface area (Å²) in [5.74, 6) is 1.97. The second-order valence-corrected chi connectivity index (χ2v) is 17.8. The van der Waals surface area contributed by atoms with Crippen molar-refractivity contribution in [3.05, 3.63) is 231 Å². The average Bonchev–Trinajstić information content (AvgIpc) is 4.08. The molecule has 12 aromatic rings. The maximum atomic E-state index is 6.63. The van der Waals surface area contributed by atoms with Gasteiger partial charge in [-0.2, -0.15) is 18.2 Å². The second-order valence-electron chi connectivity index (χ2n) is 17.8. The van der Waals surface area contributed by atoms with Crippen molar-refractivity contribution in [3.63, 3.8) is 0 Å². The zero-order valence-electron chi connectivity index (χ0n) is 37.1. The SMILES string of the molecule is CC(C)(C)c1ccnc(-n2c3[c-]c(Oc4[c-]c(-n5[c-][n+](-c6cc(-c7ccccc7)cc(-c7ccccc7)c6)cc5)ccc4)ccc3c3cc(-n4c5ccccc5c5ccccc54)ccc32)c1.[Pt]. The van der Waals surface area contributed by atoms with Crippen molar-refractivity contribution in [2.45, 2.75) is 26.2 Å². The number of hydrogen-bond donors (Lipinski definition) is 0. The van der Waals surface area contributed by atoms with Crippen LogP contribution in [0.5, 0.6) is 11.5 Å². The minimum atomic E-state index is -0.0628. The van der Waals surface area contributed by atoms with Crippen molar-refractivity contribution in [1.82, 2.24) is 18.7 Å². The number of nitrogens with zero attached hydrogens (tertiary/aromatic N) is 5. The van der Waals surface area contributed by atoms with Crippen LogP contribution in [0.4, 0.5) is 0 Å². The molecule has 0 aliphatic heterocycles. The molecule has 0 spiro atoms. The van der Waals surface area contributed by atoms with Gasteiger partial charge in [0.05, 0.1) is 16.7 Å². The molecule has 0 aliphatic carbocycles. The molecule has 4 heterocycles. The standard InChI is InChI=1S/C60H43N5O.Pt/c1-60(2,3)45-29-30-61-59(36-45)65-57-28-25-47(64-55-23-12-10-21-51(55)52-22-11-13-24-56(52)64)38-54(57)53-27-26-50(39-58(53)65)66-49-20-14-19-46(37-49)62-31-32-63(40-62)48-34-43(41-15-6-4-7-16-41)33-44(35-48)42-17-8-5-9-18-42;/h4-36,38H,1-3H3;/q-2;. The van der Waals surface area contributed by atoms with Crippen molar-refractivity contribution < 1.29 is 30.4 Å². The number of fused-ring (bicyclic) bond motifs is 6. The first-order valence-corrected chi connectivity index (χ1v) is 22.3. The molecule has 4 aromatic heterocycles. The van der Waals surface area contributed by atoms with Crippen LogP contribution in [0.15, 0.2) is 207 Å². The molecule has 0 fully saturated rings. The van der Waals surface area contributed by atoms with Gasteiger partial charge in [0.15, 0.2) is 0 Å². The minimum absolute atomic E-state index is 0. The summed E-state index contributed by atoms with van der Waals surface area (Å²) in [6.45, 7) is 6.69. The topological polar surface area (TPSA) is 40.8 Å². The Hall–Kier alpha value is -7.79. The zero-order chi connectivity index (χ0) is 44.4. The molecular formula is C60H43N5OPt-2. The fraction of sp³-hybridized carbons (Fsp3) is 0.0667. The van der Waals surface area contributed by atoms with Gasteiger partial charge in [-0.05, 0) is 105 Å². The van der Waals surface area contributed by atoms with E-state index in [1.54, 1.807) is 0 Å². The third-order valence-corrected chi connectivity index (χ3v) is 12.5. The normalized spacial score (nSPS) is 11.7. The van der Waals surface area contributed by atoms with Crippen molar-refractivity contribution in [2.24, 2.45) is 0 Å². The minimum Gasteiger partial charge on any atom is -0.510 e. The maximum Gasteiger partial charge on any atom is 0.267 e. The predicted octanol–water partition coefficient (Wildman–Crippen LogP) is 14.2. The molecule has 8 aromatic carbocycles. The van der Waals surface area contributed by atoms with Crippen molar-refractivity contribution in [3.8, 4) is 56.6 Å². The molecule has 0 unspecified atom stereocenters. The van der Waals surface area contributed by atoms with Gasteiger partial charge in [0, 0.05) is 73.1 Å². The molecule has 0 radical (unpaired) electrons. The van der Waals surface area contributed by atoms with Crippen LogP contribution in [0.2, 0.25) is 0 Å². The van der Waals surface area contributed by atoms with Crippen LogP contribution in [-0.4, -0.2) is 18.7 Å². The van der Waals surface area contributed by atoms with E-state index in [1.165, 1.54) is 27.4 Å². The Bertz CT molecular complexity index is 3670. The van der Waals surface area contributed by atoms with Crippen molar-refractivity contribution in [2.75, 3.05) is 0 Å². The van der Waals surface area contributed by atoms with E-state index in [0.717, 1.165) is 66.9 Å². The Kier molecular flexibility index (Phi) is 10.6. The molecule has 12 rings (SSSR count). The Balaban J connectivity index is 0.00000494. The van der Waals surface area contributed by atoms with Crippen LogP contribution >= 0.6 is 0 Å². The summed E-state index contributed by atoms with van der Waals surface area (Å²) in [5, 5.41) is 4.62. The number of aromatic nitrogens is 5. The first-order valence-electron chi connectivity index (χ1n) is 22.3. The smallest absolute Gasteiger partial charge is 0.267 e. The summed E-state index contributed by atoms with van der Waals surface area (Å²) in [6, 6.07) is 73.2. The number of para-hydroxylation sites is 2. The van der Waals surface area contributed by atoms with E-state index >= 15 is 0 Å². The van der Waals surface area contributed by atoms with E-state index < -0.39 is 0 Å². The van der Waals surface area contributed by atoms with Crippen LogP contribution in [0.25, 0.3) is 88.7 Å². The molecule has 0 saturated carbocycles. The van der Waals surface area contributed by atoms with Gasteiger partial charge in [-0.15, -0.1) is 29.7 Å². The molecule has 0 aliphatic rings. The molecule has 326 valence electrons. The van der Waals surface area contributed by atoms with Crippen molar-refractivity contribution >= 4 is 43.6 Å². The number of imidazole rings is 1. The van der Waals surface area contributed by atoms with E-state index in [1.807, 2.05) is 64.1 Å². The summed E-state index contributed by atoms with van der Waals surface area (Å²) in [4.78, 5) is 4.96. The number of benzene rings is 8. The fourth-order valence-corrected chi connectivity index (χ4v) is 9.25. The van der Waals surface area contributed by atoms with Gasteiger partial charge >= 0.3 is 0 Å². The zero-order valence-corrected chi connectivity index (χ0v) is 39.4. The molecule has 0 saturated heterocycles. The van der Waals surface area contributed by atoms with Gasteiger partial charge in [-0.3, -0.25) is 4.57 Å². The predicted molar refractivity (Wildman–Crippen MR) is 266 cm³/mol. The van der Waals surface area contributed by atoms with Gasteiger partial charge in [-0.1, -0.05) is 123 Å². The number of hydrogen-bond acceptors (Lipinski definition) is 2. The van der Waals surface area contributed by atoms with Gasteiger partial charge in [-0.25, -0.2) is 4.98 Å². The van der Waals surface area contributed by atoms with E-state index in [2.05, 4.69) is 200 Å². The fourth-order valence-electron chi connectivity index (χ4n) is 9.25. The van der Waals surface area contributed by atoms with Gasteiger partial charge in [0.25, 0.3) is 6.33 Å². The first-order chi connectivity index (χ1) is 32.3. The van der Waals surface area contributed by atoms with Crippen LogP contribution in [0.1, 0.15) is 26.3 Å². The number of pyridine rings is 1. The number of ether oxygens (including phenoxy) is 1. The Morgan fingerprint density at radius 1 is 0.522 bits per heavy atom. The Morgan fingerprint density at radius 2 is 1.16 bits per heavy atom. The number of rotatable bonds is 8. The van der Waals surface area contributed by atoms with Crippen LogP contribution in [0.3, 0.4) is 0 Å². The Morgan fingerprint density at radius 3 is 1.85 bits per heavy atom. The summed E-state index contributed by atoms with van der Waals surface area (Å²) in [6.07, 6.45) is 9.46. The summed E-state index contributed by atoms with van der Waals surface area (Å²) in [7, 11) is 0. The van der Waals surface area contributed by atoms with E-state index in [4.69, 9.17) is 9.72 Å². The molecule has 0 atom stereocenters. The van der Waals surface area contributed by atoms with E-state index in [9.17, 15) is 0 Å². The Labute approximate surface area is 403 Å². The molecule has 0 amide bonds. The summed E-state index contributed by atoms with van der Waals surface area (Å²) < 4.78 is 15.2. The summed E-state index contributed by atoms with van der Waals surface area (Å²) >= 11 is 0. The van der Waals surface area contributed by atoms with Gasteiger partial charge in [0.2, 0.25) is 0 Å². The van der Waals surface area contributed by atoms with Crippen LogP contribution in [0, 0.1) is 18.5 Å². The van der Waals surface area contributed by atoms with E-state index in [0.29, 0.717) is 11.5 Å². The second kappa shape index (κ2) is 16.9.